The molecule has 0 aromatic heterocycles. The molecule has 4 atom stereocenters. The Morgan fingerprint density at radius 1 is 1.00 bits per heavy atom. The first-order valence-corrected chi connectivity index (χ1v) is 8.23. The van der Waals surface area contributed by atoms with Crippen LogP contribution >= 0.6 is 0 Å². The third kappa shape index (κ3) is 3.08. The summed E-state index contributed by atoms with van der Waals surface area (Å²) in [5.74, 6) is 3.07. The lowest BCUT2D eigenvalue weighted by molar-refractivity contribution is 0.142. The first-order valence-electron chi connectivity index (χ1n) is 8.23. The highest BCUT2D eigenvalue weighted by Crippen LogP contribution is 2.40. The van der Waals surface area contributed by atoms with Gasteiger partial charge in [0.15, 0.2) is 0 Å². The van der Waals surface area contributed by atoms with E-state index >= 15 is 0 Å². The van der Waals surface area contributed by atoms with Crippen LogP contribution in [0.15, 0.2) is 0 Å². The van der Waals surface area contributed by atoms with Crippen LogP contribution in [0.2, 0.25) is 0 Å². The highest BCUT2D eigenvalue weighted by molar-refractivity contribution is 4.87. The van der Waals surface area contributed by atoms with Crippen molar-refractivity contribution in [2.24, 2.45) is 17.8 Å². The molecule has 2 saturated carbocycles. The zero-order valence-corrected chi connectivity index (χ0v) is 12.0. The van der Waals surface area contributed by atoms with Crippen molar-refractivity contribution in [1.82, 2.24) is 10.2 Å². The molecule has 1 N–H and O–H groups in total. The standard InChI is InChI=1S/C16H30N2/c1-18-9-8-13(12-18)11-17-16-7-6-14-4-2-3-5-15(14)10-16/h13-17H,2-12H2,1H3. The molecule has 0 bridgehead atoms. The van der Waals surface area contributed by atoms with Crippen molar-refractivity contribution in [3.05, 3.63) is 0 Å². The fraction of sp³-hybridized carbons (Fsp3) is 1.00. The summed E-state index contributed by atoms with van der Waals surface area (Å²) < 4.78 is 0. The van der Waals surface area contributed by atoms with Crippen molar-refractivity contribution >= 4 is 0 Å². The Hall–Kier alpha value is -0.0800. The SMILES string of the molecule is CN1CCC(CNC2CCC3CCCCC3C2)C1. The molecule has 1 heterocycles. The Bertz CT molecular complexity index is 266. The average Bonchev–Trinajstić information content (AvgIpc) is 2.82. The van der Waals surface area contributed by atoms with E-state index in [-0.39, 0.29) is 0 Å². The zero-order chi connectivity index (χ0) is 12.4. The van der Waals surface area contributed by atoms with Gasteiger partial charge in [-0.05, 0) is 63.6 Å². The molecule has 104 valence electrons. The summed E-state index contributed by atoms with van der Waals surface area (Å²) >= 11 is 0. The van der Waals surface area contributed by atoms with E-state index in [9.17, 15) is 0 Å². The smallest absolute Gasteiger partial charge is 0.00700 e. The Labute approximate surface area is 113 Å². The summed E-state index contributed by atoms with van der Waals surface area (Å²) in [5, 5.41) is 3.89. The monoisotopic (exact) mass is 250 g/mol. The number of fused-ring (bicyclic) bond motifs is 1. The van der Waals surface area contributed by atoms with Crippen molar-refractivity contribution in [2.45, 2.75) is 57.4 Å². The van der Waals surface area contributed by atoms with Crippen molar-refractivity contribution in [2.75, 3.05) is 26.7 Å². The number of hydrogen-bond acceptors (Lipinski definition) is 2. The van der Waals surface area contributed by atoms with Crippen LogP contribution < -0.4 is 5.32 Å². The molecule has 2 aliphatic carbocycles. The van der Waals surface area contributed by atoms with Gasteiger partial charge in [-0.2, -0.15) is 0 Å². The fourth-order valence-electron chi connectivity index (χ4n) is 4.59. The van der Waals surface area contributed by atoms with E-state index in [2.05, 4.69) is 17.3 Å². The maximum Gasteiger partial charge on any atom is 0.00700 e. The first kappa shape index (κ1) is 12.9. The predicted octanol–water partition coefficient (Wildman–Crippen LogP) is 2.89. The van der Waals surface area contributed by atoms with E-state index in [1.54, 1.807) is 0 Å². The Balaban J connectivity index is 1.41. The van der Waals surface area contributed by atoms with Crippen molar-refractivity contribution < 1.29 is 0 Å². The highest BCUT2D eigenvalue weighted by Gasteiger charge is 2.32. The summed E-state index contributed by atoms with van der Waals surface area (Å²) in [4.78, 5) is 2.48. The van der Waals surface area contributed by atoms with Crippen LogP contribution in [0.4, 0.5) is 0 Å². The van der Waals surface area contributed by atoms with Crippen LogP contribution in [0.3, 0.4) is 0 Å². The molecule has 2 nitrogen and oxygen atoms in total. The van der Waals surface area contributed by atoms with Crippen LogP contribution in [0.25, 0.3) is 0 Å². The molecule has 0 amide bonds. The molecule has 0 aromatic carbocycles. The lowest BCUT2D eigenvalue weighted by atomic mass is 9.69. The van der Waals surface area contributed by atoms with E-state index in [4.69, 9.17) is 0 Å². The van der Waals surface area contributed by atoms with E-state index in [0.717, 1.165) is 23.8 Å². The van der Waals surface area contributed by atoms with Gasteiger partial charge in [-0.15, -0.1) is 0 Å². The Morgan fingerprint density at radius 2 is 1.83 bits per heavy atom. The van der Waals surface area contributed by atoms with Gasteiger partial charge in [0, 0.05) is 12.6 Å². The maximum atomic E-state index is 3.89. The second-order valence-corrected chi connectivity index (χ2v) is 7.14. The zero-order valence-electron chi connectivity index (χ0n) is 12.0. The Kier molecular flexibility index (Phi) is 4.25. The summed E-state index contributed by atoms with van der Waals surface area (Å²) in [6.07, 6.45) is 11.9. The van der Waals surface area contributed by atoms with Crippen molar-refractivity contribution in [1.29, 1.82) is 0 Å². The minimum Gasteiger partial charge on any atom is -0.314 e. The van der Waals surface area contributed by atoms with E-state index in [0.29, 0.717) is 0 Å². The van der Waals surface area contributed by atoms with Gasteiger partial charge in [0.05, 0.1) is 0 Å². The molecule has 1 saturated heterocycles. The quantitative estimate of drug-likeness (QED) is 0.828. The Morgan fingerprint density at radius 3 is 2.61 bits per heavy atom. The van der Waals surface area contributed by atoms with Crippen LogP contribution in [0, 0.1) is 17.8 Å². The molecule has 3 fully saturated rings. The van der Waals surface area contributed by atoms with Gasteiger partial charge in [-0.25, -0.2) is 0 Å². The topological polar surface area (TPSA) is 15.3 Å². The second-order valence-electron chi connectivity index (χ2n) is 7.14. The molecule has 3 rings (SSSR count). The number of nitrogens with zero attached hydrogens (tertiary/aromatic N) is 1. The van der Waals surface area contributed by atoms with E-state index in [1.165, 1.54) is 71.0 Å². The largest absolute Gasteiger partial charge is 0.314 e. The minimum absolute atomic E-state index is 0.843. The normalized spacial score (nSPS) is 41.8. The summed E-state index contributed by atoms with van der Waals surface area (Å²) in [6, 6.07) is 0.843. The highest BCUT2D eigenvalue weighted by atomic mass is 15.1. The van der Waals surface area contributed by atoms with Gasteiger partial charge < -0.3 is 10.2 Å². The van der Waals surface area contributed by atoms with Crippen LogP contribution in [-0.4, -0.2) is 37.6 Å². The minimum atomic E-state index is 0.843. The molecular weight excluding hydrogens is 220 g/mol. The summed E-state index contributed by atoms with van der Waals surface area (Å²) in [5.41, 5.74) is 0. The molecule has 0 aromatic rings. The average molecular weight is 250 g/mol. The molecule has 3 aliphatic rings. The van der Waals surface area contributed by atoms with Gasteiger partial charge in [-0.3, -0.25) is 0 Å². The molecule has 4 unspecified atom stereocenters. The molecule has 1 aliphatic heterocycles. The lowest BCUT2D eigenvalue weighted by Gasteiger charge is -2.40. The lowest BCUT2D eigenvalue weighted by Crippen LogP contribution is -2.41. The van der Waals surface area contributed by atoms with Crippen molar-refractivity contribution in [3.63, 3.8) is 0 Å². The van der Waals surface area contributed by atoms with Crippen LogP contribution in [-0.2, 0) is 0 Å². The van der Waals surface area contributed by atoms with Crippen LogP contribution in [0.1, 0.15) is 51.4 Å². The van der Waals surface area contributed by atoms with Gasteiger partial charge in [0.25, 0.3) is 0 Å². The van der Waals surface area contributed by atoms with Crippen LogP contribution in [0.5, 0.6) is 0 Å². The third-order valence-electron chi connectivity index (χ3n) is 5.72. The fourth-order valence-corrected chi connectivity index (χ4v) is 4.59. The van der Waals surface area contributed by atoms with Gasteiger partial charge in [-0.1, -0.05) is 25.7 Å². The molecule has 0 spiro atoms. The molecular formula is C16H30N2. The maximum absolute atomic E-state index is 3.89. The molecule has 0 radical (unpaired) electrons. The van der Waals surface area contributed by atoms with E-state index < -0.39 is 0 Å². The third-order valence-corrected chi connectivity index (χ3v) is 5.72. The van der Waals surface area contributed by atoms with Gasteiger partial charge in [0.2, 0.25) is 0 Å². The summed E-state index contributed by atoms with van der Waals surface area (Å²) in [6.45, 7) is 3.89. The predicted molar refractivity (Wildman–Crippen MR) is 76.7 cm³/mol. The second kappa shape index (κ2) is 5.92. The van der Waals surface area contributed by atoms with E-state index in [1.807, 2.05) is 0 Å². The number of hydrogen-bond donors (Lipinski definition) is 1. The number of likely N-dealkylation sites (tertiary alicyclic amines) is 1. The van der Waals surface area contributed by atoms with Crippen molar-refractivity contribution in [3.8, 4) is 0 Å². The summed E-state index contributed by atoms with van der Waals surface area (Å²) in [7, 11) is 2.26. The van der Waals surface area contributed by atoms with Gasteiger partial charge in [0.1, 0.15) is 0 Å². The number of rotatable bonds is 3. The first-order chi connectivity index (χ1) is 8.81. The molecule has 18 heavy (non-hydrogen) atoms. The number of nitrogens with one attached hydrogen (secondary N) is 1. The molecule has 2 heteroatoms. The van der Waals surface area contributed by atoms with Gasteiger partial charge >= 0.3 is 0 Å².